The van der Waals surface area contributed by atoms with Crippen LogP contribution < -0.4 is 0 Å². The average Bonchev–Trinajstić information content (AvgIpc) is 3.78. The highest BCUT2D eigenvalue weighted by atomic mass is 14.4. The Hall–Kier alpha value is -7.02. The molecule has 0 aromatic heterocycles. The maximum Gasteiger partial charge on any atom is 0.0352 e. The van der Waals surface area contributed by atoms with Gasteiger partial charge >= 0.3 is 0 Å². The van der Waals surface area contributed by atoms with Crippen LogP contribution in [0.3, 0.4) is 0 Å². The SMILES string of the molecule is c1ccc(-c2cc(-c3ccccc3)cc(-c3cccc(C4c5cc(-c6ccccc6)ccc5-c5cc6c(cc54)C(c4ccccc4)c4ccccc4-6)c3)c2)cc1. The van der Waals surface area contributed by atoms with Crippen LogP contribution in [-0.4, -0.2) is 0 Å². The minimum absolute atomic E-state index is 0.0833. The van der Waals surface area contributed by atoms with E-state index in [-0.39, 0.29) is 11.8 Å². The third-order valence-corrected chi connectivity index (χ3v) is 12.0. The zero-order valence-electron chi connectivity index (χ0n) is 30.9. The summed E-state index contributed by atoms with van der Waals surface area (Å²) in [4.78, 5) is 0. The van der Waals surface area contributed by atoms with Crippen LogP contribution in [0.25, 0.3) is 66.8 Å². The number of benzene rings is 9. The van der Waals surface area contributed by atoms with Crippen molar-refractivity contribution < 1.29 is 0 Å². The van der Waals surface area contributed by atoms with Crippen molar-refractivity contribution in [3.05, 3.63) is 252 Å². The largest absolute Gasteiger partial charge is 0.0622 e. The Morgan fingerprint density at radius 1 is 0.196 bits per heavy atom. The molecule has 2 atom stereocenters. The molecule has 0 heteroatoms. The quantitative estimate of drug-likeness (QED) is 0.161. The van der Waals surface area contributed by atoms with Gasteiger partial charge in [0.15, 0.2) is 0 Å². The molecule has 0 N–H and O–H groups in total. The van der Waals surface area contributed by atoms with Crippen LogP contribution in [-0.2, 0) is 0 Å². The van der Waals surface area contributed by atoms with Crippen molar-refractivity contribution in [2.75, 3.05) is 0 Å². The molecule has 2 unspecified atom stereocenters. The van der Waals surface area contributed by atoms with Crippen molar-refractivity contribution in [1.29, 1.82) is 0 Å². The fourth-order valence-electron chi connectivity index (χ4n) is 9.41. The monoisotopic (exact) mass is 710 g/mol. The molecule has 2 aliphatic carbocycles. The number of hydrogen-bond donors (Lipinski definition) is 0. The fraction of sp³-hybridized carbons (Fsp3) is 0.0357. The summed E-state index contributed by atoms with van der Waals surface area (Å²) in [5.74, 6) is 0.278. The second kappa shape index (κ2) is 13.4. The van der Waals surface area contributed by atoms with Gasteiger partial charge in [-0.1, -0.05) is 188 Å². The molecule has 0 saturated carbocycles. The summed E-state index contributed by atoms with van der Waals surface area (Å²) in [7, 11) is 0. The summed E-state index contributed by atoms with van der Waals surface area (Å²) in [6, 6.07) is 81.0. The lowest BCUT2D eigenvalue weighted by Gasteiger charge is -2.19. The molecule has 9 aromatic rings. The normalized spacial score (nSPS) is 14.8. The minimum Gasteiger partial charge on any atom is -0.0622 e. The summed E-state index contributed by atoms with van der Waals surface area (Å²) >= 11 is 0. The standard InChI is InChI=1S/C56H38/c1-5-16-37(17-6-1)42-28-29-48-51-35-50-47-26-13-14-27-49(47)55(40-22-11-4-12-23-40)53(50)36-54(51)56(52(48)34-42)43-25-15-24-41(30-43)46-32-44(38-18-7-2-8-19-38)31-45(33-46)39-20-9-3-10-21-39/h1-36,55-56H. The molecule has 56 heavy (non-hydrogen) atoms. The molecule has 0 aliphatic heterocycles. The van der Waals surface area contributed by atoms with Crippen LogP contribution in [0.4, 0.5) is 0 Å². The molecule has 0 amide bonds. The lowest BCUT2D eigenvalue weighted by atomic mass is 9.83. The Balaban J connectivity index is 1.11. The maximum absolute atomic E-state index is 2.56. The van der Waals surface area contributed by atoms with E-state index in [0.29, 0.717) is 0 Å². The number of fused-ring (bicyclic) bond motifs is 6. The van der Waals surface area contributed by atoms with E-state index in [0.717, 1.165) is 0 Å². The zero-order valence-corrected chi connectivity index (χ0v) is 30.9. The molecule has 2 aliphatic rings. The summed E-state index contributed by atoms with van der Waals surface area (Å²) in [5, 5.41) is 0. The minimum atomic E-state index is 0.0833. The zero-order chi connectivity index (χ0) is 37.0. The molecular weight excluding hydrogens is 673 g/mol. The third-order valence-electron chi connectivity index (χ3n) is 12.0. The van der Waals surface area contributed by atoms with Crippen molar-refractivity contribution in [1.82, 2.24) is 0 Å². The third kappa shape index (κ3) is 5.45. The smallest absolute Gasteiger partial charge is 0.0352 e. The van der Waals surface area contributed by atoms with Gasteiger partial charge < -0.3 is 0 Å². The van der Waals surface area contributed by atoms with Gasteiger partial charge in [0.2, 0.25) is 0 Å². The van der Waals surface area contributed by atoms with Gasteiger partial charge in [-0.2, -0.15) is 0 Å². The predicted octanol–water partition coefficient (Wildman–Crippen LogP) is 14.7. The first-order valence-electron chi connectivity index (χ1n) is 19.6. The van der Waals surface area contributed by atoms with Crippen LogP contribution in [0.15, 0.2) is 218 Å². The van der Waals surface area contributed by atoms with Crippen molar-refractivity contribution in [3.63, 3.8) is 0 Å². The van der Waals surface area contributed by atoms with E-state index in [1.165, 1.54) is 100 Å². The predicted molar refractivity (Wildman–Crippen MR) is 234 cm³/mol. The van der Waals surface area contributed by atoms with E-state index >= 15 is 0 Å². The average molecular weight is 711 g/mol. The van der Waals surface area contributed by atoms with E-state index in [4.69, 9.17) is 0 Å². The topological polar surface area (TPSA) is 0 Å². The lowest BCUT2D eigenvalue weighted by Crippen LogP contribution is -2.03. The van der Waals surface area contributed by atoms with Gasteiger partial charge in [-0.15, -0.1) is 0 Å². The van der Waals surface area contributed by atoms with Gasteiger partial charge in [-0.3, -0.25) is 0 Å². The highest BCUT2D eigenvalue weighted by molar-refractivity contribution is 5.91. The van der Waals surface area contributed by atoms with Crippen LogP contribution in [0.5, 0.6) is 0 Å². The molecular formula is C56H38. The van der Waals surface area contributed by atoms with E-state index in [1.54, 1.807) is 0 Å². The highest BCUT2D eigenvalue weighted by Crippen LogP contribution is 2.56. The Labute approximate surface area is 329 Å². The number of hydrogen-bond acceptors (Lipinski definition) is 0. The van der Waals surface area contributed by atoms with Crippen LogP contribution in [0, 0.1) is 0 Å². The van der Waals surface area contributed by atoms with Gasteiger partial charge in [0.05, 0.1) is 0 Å². The first-order chi connectivity index (χ1) is 27.8. The molecule has 0 radical (unpaired) electrons. The van der Waals surface area contributed by atoms with Gasteiger partial charge in [-0.25, -0.2) is 0 Å². The first kappa shape index (κ1) is 32.4. The van der Waals surface area contributed by atoms with E-state index < -0.39 is 0 Å². The van der Waals surface area contributed by atoms with Crippen molar-refractivity contribution in [3.8, 4) is 66.8 Å². The van der Waals surface area contributed by atoms with E-state index in [2.05, 4.69) is 218 Å². The molecule has 9 aromatic carbocycles. The molecule has 0 bridgehead atoms. The Morgan fingerprint density at radius 2 is 0.625 bits per heavy atom. The fourth-order valence-corrected chi connectivity index (χ4v) is 9.41. The summed E-state index contributed by atoms with van der Waals surface area (Å²) < 4.78 is 0. The summed E-state index contributed by atoms with van der Waals surface area (Å²) in [6.07, 6.45) is 0. The van der Waals surface area contributed by atoms with Gasteiger partial charge in [-0.05, 0) is 130 Å². The summed E-state index contributed by atoms with van der Waals surface area (Å²) in [5.41, 5.74) is 23.4. The van der Waals surface area contributed by atoms with E-state index in [1.807, 2.05) is 0 Å². The second-order valence-electron chi connectivity index (χ2n) is 15.2. The van der Waals surface area contributed by atoms with Gasteiger partial charge in [0, 0.05) is 11.8 Å². The summed E-state index contributed by atoms with van der Waals surface area (Å²) in [6.45, 7) is 0. The van der Waals surface area contributed by atoms with Crippen molar-refractivity contribution in [2.45, 2.75) is 11.8 Å². The van der Waals surface area contributed by atoms with Gasteiger partial charge in [0.1, 0.15) is 0 Å². The molecule has 0 fully saturated rings. The van der Waals surface area contributed by atoms with Crippen LogP contribution >= 0.6 is 0 Å². The number of rotatable bonds is 6. The van der Waals surface area contributed by atoms with Crippen molar-refractivity contribution >= 4 is 0 Å². The van der Waals surface area contributed by atoms with Crippen molar-refractivity contribution in [2.24, 2.45) is 0 Å². The molecule has 0 spiro atoms. The maximum atomic E-state index is 2.56. The van der Waals surface area contributed by atoms with E-state index in [9.17, 15) is 0 Å². The Kier molecular flexibility index (Phi) is 7.74. The Bertz CT molecular complexity index is 2830. The molecule has 262 valence electrons. The van der Waals surface area contributed by atoms with Crippen LogP contribution in [0.2, 0.25) is 0 Å². The molecule has 11 rings (SSSR count). The molecule has 0 nitrogen and oxygen atoms in total. The molecule has 0 saturated heterocycles. The van der Waals surface area contributed by atoms with Gasteiger partial charge in [0.25, 0.3) is 0 Å². The molecule has 0 heterocycles. The Morgan fingerprint density at radius 3 is 1.25 bits per heavy atom. The first-order valence-corrected chi connectivity index (χ1v) is 19.6. The highest BCUT2D eigenvalue weighted by Gasteiger charge is 2.36. The lowest BCUT2D eigenvalue weighted by molar-refractivity contribution is 0.982. The van der Waals surface area contributed by atoms with Crippen LogP contribution in [0.1, 0.15) is 45.2 Å². The second-order valence-corrected chi connectivity index (χ2v) is 15.2.